The Hall–Kier alpha value is -2.48. The zero-order valence-electron chi connectivity index (χ0n) is 9.71. The van der Waals surface area contributed by atoms with Gasteiger partial charge in [0.25, 0.3) is 0 Å². The first-order chi connectivity index (χ1) is 8.86. The molecule has 0 fully saturated rings. The van der Waals surface area contributed by atoms with Gasteiger partial charge < -0.3 is 0 Å². The molecule has 0 saturated heterocycles. The number of carbonyl (C=O) groups excluding carboxylic acids is 1. The summed E-state index contributed by atoms with van der Waals surface area (Å²) in [5.41, 5.74) is 1.40. The van der Waals surface area contributed by atoms with Crippen LogP contribution >= 0.6 is 0 Å². The van der Waals surface area contributed by atoms with Crippen molar-refractivity contribution < 1.29 is 4.79 Å². The first-order valence-electron chi connectivity index (χ1n) is 5.79. The van der Waals surface area contributed by atoms with Crippen LogP contribution in [0.4, 0.5) is 0 Å². The second-order valence-electron chi connectivity index (χ2n) is 4.09. The Morgan fingerprint density at radius 1 is 0.833 bits per heavy atom. The van der Waals surface area contributed by atoms with Crippen LogP contribution in [0.2, 0.25) is 0 Å². The molecule has 2 heteroatoms. The molecule has 0 spiro atoms. The molecule has 0 aliphatic rings. The van der Waals surface area contributed by atoms with Crippen LogP contribution in [0.15, 0.2) is 67.0 Å². The Bertz CT molecular complexity index is 699. The Morgan fingerprint density at radius 2 is 1.56 bits per heavy atom. The van der Waals surface area contributed by atoms with Crippen molar-refractivity contribution in [1.82, 2.24) is 4.98 Å². The fourth-order valence-corrected chi connectivity index (χ4v) is 2.08. The third-order valence-corrected chi connectivity index (χ3v) is 2.98. The lowest BCUT2D eigenvalue weighted by atomic mass is 9.98. The van der Waals surface area contributed by atoms with Gasteiger partial charge in [0, 0.05) is 23.5 Å². The van der Waals surface area contributed by atoms with Crippen molar-refractivity contribution in [3.05, 3.63) is 78.1 Å². The molecule has 0 saturated carbocycles. The van der Waals surface area contributed by atoms with Crippen molar-refractivity contribution in [3.8, 4) is 0 Å². The number of fused-ring (bicyclic) bond motifs is 1. The molecule has 0 radical (unpaired) electrons. The minimum atomic E-state index is 0.0363. The van der Waals surface area contributed by atoms with Crippen molar-refractivity contribution in [2.45, 2.75) is 0 Å². The van der Waals surface area contributed by atoms with E-state index in [4.69, 9.17) is 0 Å². The van der Waals surface area contributed by atoms with Gasteiger partial charge in [0.2, 0.25) is 0 Å². The smallest absolute Gasteiger partial charge is 0.193 e. The highest BCUT2D eigenvalue weighted by Gasteiger charge is 2.11. The standard InChI is InChI=1S/C16H11NO/c18-16(13-8-10-17-11-9-13)15-7-3-5-12-4-1-2-6-14(12)15/h1-11H. The summed E-state index contributed by atoms with van der Waals surface area (Å²) in [6, 6.07) is 17.2. The molecule has 2 nitrogen and oxygen atoms in total. The zero-order chi connectivity index (χ0) is 12.4. The number of pyridine rings is 1. The molecule has 0 aliphatic carbocycles. The minimum absolute atomic E-state index is 0.0363. The highest BCUT2D eigenvalue weighted by atomic mass is 16.1. The van der Waals surface area contributed by atoms with E-state index >= 15 is 0 Å². The summed E-state index contributed by atoms with van der Waals surface area (Å²) in [6.07, 6.45) is 3.27. The predicted octanol–water partition coefficient (Wildman–Crippen LogP) is 3.47. The minimum Gasteiger partial charge on any atom is -0.289 e. The van der Waals surface area contributed by atoms with Gasteiger partial charge >= 0.3 is 0 Å². The SMILES string of the molecule is O=C(c1ccncc1)c1cccc2ccccc12. The molecule has 0 unspecified atom stereocenters. The maximum Gasteiger partial charge on any atom is 0.193 e. The Kier molecular flexibility index (Phi) is 2.61. The van der Waals surface area contributed by atoms with E-state index < -0.39 is 0 Å². The van der Waals surface area contributed by atoms with Gasteiger partial charge in [-0.3, -0.25) is 9.78 Å². The van der Waals surface area contributed by atoms with Crippen molar-refractivity contribution >= 4 is 16.6 Å². The van der Waals surface area contributed by atoms with E-state index in [1.54, 1.807) is 24.5 Å². The number of nitrogens with zero attached hydrogens (tertiary/aromatic N) is 1. The summed E-state index contributed by atoms with van der Waals surface area (Å²) in [7, 11) is 0. The topological polar surface area (TPSA) is 30.0 Å². The van der Waals surface area contributed by atoms with Gasteiger partial charge in [-0.05, 0) is 22.9 Å². The predicted molar refractivity (Wildman–Crippen MR) is 71.6 cm³/mol. The molecule has 0 bridgehead atoms. The average molecular weight is 233 g/mol. The van der Waals surface area contributed by atoms with Gasteiger partial charge in [0.1, 0.15) is 0 Å². The lowest BCUT2D eigenvalue weighted by molar-refractivity contribution is 0.104. The maximum absolute atomic E-state index is 12.4. The molecule has 0 N–H and O–H groups in total. The number of carbonyl (C=O) groups is 1. The lowest BCUT2D eigenvalue weighted by Crippen LogP contribution is -2.01. The molecule has 1 heterocycles. The first kappa shape index (κ1) is 10.7. The quantitative estimate of drug-likeness (QED) is 0.634. The lowest BCUT2D eigenvalue weighted by Gasteiger charge is -2.05. The van der Waals surface area contributed by atoms with Crippen LogP contribution in [-0.2, 0) is 0 Å². The molecule has 3 aromatic rings. The molecule has 1 aromatic heterocycles. The van der Waals surface area contributed by atoms with Gasteiger partial charge in [0.15, 0.2) is 5.78 Å². The van der Waals surface area contributed by atoms with Crippen LogP contribution in [0.1, 0.15) is 15.9 Å². The van der Waals surface area contributed by atoms with Crippen LogP contribution in [0.3, 0.4) is 0 Å². The summed E-state index contributed by atoms with van der Waals surface area (Å²) in [5, 5.41) is 2.07. The van der Waals surface area contributed by atoms with E-state index in [-0.39, 0.29) is 5.78 Å². The number of benzene rings is 2. The van der Waals surface area contributed by atoms with E-state index in [0.29, 0.717) is 5.56 Å². The summed E-state index contributed by atoms with van der Waals surface area (Å²) in [5.74, 6) is 0.0363. The molecular formula is C16H11NO. The fourth-order valence-electron chi connectivity index (χ4n) is 2.08. The average Bonchev–Trinajstić information content (AvgIpc) is 2.47. The first-order valence-corrected chi connectivity index (χ1v) is 5.79. The fraction of sp³-hybridized carbons (Fsp3) is 0. The molecule has 3 rings (SSSR count). The van der Waals surface area contributed by atoms with Gasteiger partial charge in [-0.1, -0.05) is 42.5 Å². The molecule has 18 heavy (non-hydrogen) atoms. The third-order valence-electron chi connectivity index (χ3n) is 2.98. The van der Waals surface area contributed by atoms with E-state index in [1.807, 2.05) is 42.5 Å². The zero-order valence-corrected chi connectivity index (χ0v) is 9.71. The number of hydrogen-bond acceptors (Lipinski definition) is 2. The Balaban J connectivity index is 2.18. The molecule has 0 aliphatic heterocycles. The van der Waals surface area contributed by atoms with E-state index in [1.165, 1.54) is 0 Å². The van der Waals surface area contributed by atoms with Crippen LogP contribution in [0.5, 0.6) is 0 Å². The van der Waals surface area contributed by atoms with Gasteiger partial charge in [-0.25, -0.2) is 0 Å². The van der Waals surface area contributed by atoms with Crippen molar-refractivity contribution in [1.29, 1.82) is 0 Å². The van der Waals surface area contributed by atoms with Crippen molar-refractivity contribution in [2.75, 3.05) is 0 Å². The summed E-state index contributed by atoms with van der Waals surface area (Å²) >= 11 is 0. The third kappa shape index (κ3) is 1.78. The largest absolute Gasteiger partial charge is 0.289 e. The highest BCUT2D eigenvalue weighted by Crippen LogP contribution is 2.21. The molecule has 86 valence electrons. The van der Waals surface area contributed by atoms with Crippen LogP contribution < -0.4 is 0 Å². The van der Waals surface area contributed by atoms with E-state index in [2.05, 4.69) is 4.98 Å². The summed E-state index contributed by atoms with van der Waals surface area (Å²) < 4.78 is 0. The van der Waals surface area contributed by atoms with E-state index in [0.717, 1.165) is 16.3 Å². The molecular weight excluding hydrogens is 222 g/mol. The Morgan fingerprint density at radius 3 is 2.39 bits per heavy atom. The molecule has 0 atom stereocenters. The number of ketones is 1. The van der Waals surface area contributed by atoms with Crippen LogP contribution in [-0.4, -0.2) is 10.8 Å². The monoisotopic (exact) mass is 233 g/mol. The number of rotatable bonds is 2. The highest BCUT2D eigenvalue weighted by molar-refractivity contribution is 6.16. The second kappa shape index (κ2) is 4.41. The van der Waals surface area contributed by atoms with Gasteiger partial charge in [-0.15, -0.1) is 0 Å². The van der Waals surface area contributed by atoms with Crippen molar-refractivity contribution in [2.24, 2.45) is 0 Å². The normalized spacial score (nSPS) is 10.4. The summed E-state index contributed by atoms with van der Waals surface area (Å²) in [4.78, 5) is 16.4. The van der Waals surface area contributed by atoms with Gasteiger partial charge in [0.05, 0.1) is 0 Å². The van der Waals surface area contributed by atoms with Crippen LogP contribution in [0.25, 0.3) is 10.8 Å². The molecule has 2 aromatic carbocycles. The summed E-state index contributed by atoms with van der Waals surface area (Å²) in [6.45, 7) is 0. The van der Waals surface area contributed by atoms with Crippen LogP contribution in [0, 0.1) is 0 Å². The number of aromatic nitrogens is 1. The Labute approximate surface area is 105 Å². The van der Waals surface area contributed by atoms with Crippen molar-refractivity contribution in [3.63, 3.8) is 0 Å². The number of hydrogen-bond donors (Lipinski definition) is 0. The second-order valence-corrected chi connectivity index (χ2v) is 4.09. The van der Waals surface area contributed by atoms with Gasteiger partial charge in [-0.2, -0.15) is 0 Å². The molecule has 0 amide bonds. The van der Waals surface area contributed by atoms with E-state index in [9.17, 15) is 4.79 Å². The maximum atomic E-state index is 12.4.